The average molecular weight is 505 g/mol. The minimum atomic E-state index is 0.210. The van der Waals surface area contributed by atoms with E-state index in [0.29, 0.717) is 23.9 Å². The monoisotopic (exact) mass is 504 g/mol. The second-order valence-electron chi connectivity index (χ2n) is 8.72. The lowest BCUT2D eigenvalue weighted by Crippen LogP contribution is -2.24. The summed E-state index contributed by atoms with van der Waals surface area (Å²) in [5, 5.41) is 1.45. The van der Waals surface area contributed by atoms with Crippen LogP contribution >= 0.6 is 11.8 Å². The van der Waals surface area contributed by atoms with Crippen LogP contribution in [0.3, 0.4) is 0 Å². The number of rotatable bonds is 8. The molecule has 1 aromatic heterocycles. The van der Waals surface area contributed by atoms with Gasteiger partial charge in [-0.05, 0) is 66.8 Å². The summed E-state index contributed by atoms with van der Waals surface area (Å²) in [6.07, 6.45) is 0.960. The minimum absolute atomic E-state index is 0.210. The predicted molar refractivity (Wildman–Crippen MR) is 146 cm³/mol. The van der Waals surface area contributed by atoms with Crippen LogP contribution in [0.5, 0.6) is 23.0 Å². The molecule has 0 amide bonds. The molecule has 0 spiro atoms. The number of para-hydroxylation sites is 1. The summed E-state index contributed by atoms with van der Waals surface area (Å²) >= 11 is 1.86. The van der Waals surface area contributed by atoms with Gasteiger partial charge in [-0.1, -0.05) is 18.2 Å². The van der Waals surface area contributed by atoms with Gasteiger partial charge in [0.05, 0.1) is 40.2 Å². The van der Waals surface area contributed by atoms with Crippen molar-refractivity contribution >= 4 is 28.4 Å². The molecule has 1 unspecified atom stereocenters. The molecular weight excluding hydrogens is 472 g/mol. The Morgan fingerprint density at radius 2 is 1.72 bits per heavy atom. The Morgan fingerprint density at radius 3 is 2.42 bits per heavy atom. The molecule has 188 valence electrons. The first-order valence-electron chi connectivity index (χ1n) is 12.2. The van der Waals surface area contributed by atoms with Crippen molar-refractivity contribution in [2.24, 2.45) is 0 Å². The Balaban J connectivity index is 1.51. The van der Waals surface area contributed by atoms with Crippen LogP contribution in [0.4, 0.5) is 5.69 Å². The number of aromatic amines is 1. The molecule has 2 heterocycles. The van der Waals surface area contributed by atoms with Crippen molar-refractivity contribution in [2.45, 2.75) is 30.0 Å². The number of hydrogen-bond donors (Lipinski definition) is 1. The number of ether oxygens (including phenoxy) is 4. The van der Waals surface area contributed by atoms with Crippen molar-refractivity contribution in [1.29, 1.82) is 0 Å². The molecule has 1 aliphatic rings. The van der Waals surface area contributed by atoms with E-state index in [2.05, 4.69) is 70.5 Å². The molecule has 5 rings (SSSR count). The Labute approximate surface area is 216 Å². The summed E-state index contributed by atoms with van der Waals surface area (Å²) in [5.41, 5.74) is 4.73. The van der Waals surface area contributed by atoms with E-state index in [4.69, 9.17) is 18.9 Å². The van der Waals surface area contributed by atoms with Gasteiger partial charge in [0.25, 0.3) is 0 Å². The maximum absolute atomic E-state index is 5.86. The van der Waals surface area contributed by atoms with Crippen LogP contribution in [0, 0.1) is 0 Å². The fourth-order valence-electron chi connectivity index (χ4n) is 4.82. The van der Waals surface area contributed by atoms with Gasteiger partial charge in [-0.15, -0.1) is 11.8 Å². The fraction of sp³-hybridized carbons (Fsp3) is 0.310. The van der Waals surface area contributed by atoms with Gasteiger partial charge < -0.3 is 28.8 Å². The van der Waals surface area contributed by atoms with E-state index in [1.807, 2.05) is 18.7 Å². The van der Waals surface area contributed by atoms with Crippen LogP contribution in [0.1, 0.15) is 29.9 Å². The SMILES string of the molecule is CCOc1ccc2c(c1)SC(c1cc(OC)c(OC)c(OC)c1)CCN2Cc1cc2ccccc2[nH]1. The number of anilines is 1. The molecule has 4 aromatic rings. The van der Waals surface area contributed by atoms with Gasteiger partial charge in [-0.2, -0.15) is 0 Å². The normalized spacial score (nSPS) is 15.3. The van der Waals surface area contributed by atoms with E-state index in [0.717, 1.165) is 30.8 Å². The van der Waals surface area contributed by atoms with E-state index in [-0.39, 0.29) is 5.25 Å². The van der Waals surface area contributed by atoms with Crippen molar-refractivity contribution in [1.82, 2.24) is 4.98 Å². The minimum Gasteiger partial charge on any atom is -0.494 e. The molecule has 0 saturated carbocycles. The van der Waals surface area contributed by atoms with Crippen LogP contribution < -0.4 is 23.8 Å². The Morgan fingerprint density at radius 1 is 0.944 bits per heavy atom. The van der Waals surface area contributed by atoms with Crippen molar-refractivity contribution < 1.29 is 18.9 Å². The highest BCUT2D eigenvalue weighted by molar-refractivity contribution is 7.99. The highest BCUT2D eigenvalue weighted by Crippen LogP contribution is 2.49. The van der Waals surface area contributed by atoms with Gasteiger partial charge in [-0.3, -0.25) is 0 Å². The highest BCUT2D eigenvalue weighted by atomic mass is 32.2. The zero-order valence-corrected chi connectivity index (χ0v) is 22.0. The summed E-state index contributed by atoms with van der Waals surface area (Å²) in [7, 11) is 4.95. The van der Waals surface area contributed by atoms with Crippen molar-refractivity contribution in [3.05, 3.63) is 71.9 Å². The average Bonchev–Trinajstić information content (AvgIpc) is 3.23. The van der Waals surface area contributed by atoms with Crippen LogP contribution in [0.2, 0.25) is 0 Å². The molecular formula is C29H32N2O4S. The molecule has 0 bridgehead atoms. The number of thioether (sulfide) groups is 1. The number of nitrogens with one attached hydrogen (secondary N) is 1. The van der Waals surface area contributed by atoms with E-state index >= 15 is 0 Å². The van der Waals surface area contributed by atoms with Gasteiger partial charge in [0.2, 0.25) is 5.75 Å². The molecule has 1 N–H and O–H groups in total. The van der Waals surface area contributed by atoms with E-state index in [9.17, 15) is 0 Å². The zero-order valence-electron chi connectivity index (χ0n) is 21.2. The van der Waals surface area contributed by atoms with Gasteiger partial charge >= 0.3 is 0 Å². The molecule has 0 fully saturated rings. The molecule has 1 atom stereocenters. The van der Waals surface area contributed by atoms with Gasteiger partial charge in [0, 0.05) is 27.9 Å². The van der Waals surface area contributed by atoms with Crippen LogP contribution in [0.15, 0.2) is 65.6 Å². The summed E-state index contributed by atoms with van der Waals surface area (Å²) < 4.78 is 22.7. The molecule has 3 aromatic carbocycles. The number of aromatic nitrogens is 1. The molecule has 0 radical (unpaired) electrons. The number of benzene rings is 3. The Hall–Kier alpha value is -3.45. The first-order valence-corrected chi connectivity index (χ1v) is 13.1. The van der Waals surface area contributed by atoms with Crippen LogP contribution in [0.25, 0.3) is 10.9 Å². The Kier molecular flexibility index (Phi) is 7.18. The molecule has 7 heteroatoms. The quantitative estimate of drug-likeness (QED) is 0.284. The number of methoxy groups -OCH3 is 3. The molecule has 6 nitrogen and oxygen atoms in total. The first kappa shape index (κ1) is 24.3. The van der Waals surface area contributed by atoms with Crippen molar-refractivity contribution in [2.75, 3.05) is 39.4 Å². The van der Waals surface area contributed by atoms with Crippen LogP contribution in [-0.4, -0.2) is 39.5 Å². The topological polar surface area (TPSA) is 56.0 Å². The third-order valence-electron chi connectivity index (χ3n) is 6.52. The number of nitrogens with zero attached hydrogens (tertiary/aromatic N) is 1. The van der Waals surface area contributed by atoms with Crippen molar-refractivity contribution in [3.8, 4) is 23.0 Å². The predicted octanol–water partition coefficient (Wildman–Crippen LogP) is 6.84. The fourth-order valence-corrected chi connectivity index (χ4v) is 6.13. The van der Waals surface area contributed by atoms with E-state index in [1.54, 1.807) is 21.3 Å². The summed E-state index contributed by atoms with van der Waals surface area (Å²) in [6.45, 7) is 4.36. The lowest BCUT2D eigenvalue weighted by Gasteiger charge is -2.24. The smallest absolute Gasteiger partial charge is 0.203 e. The standard InChI is InChI=1S/C29H32N2O4S/c1-5-35-22-10-11-24-28(17-22)36-27(20-15-25(32-2)29(34-4)26(16-20)33-3)12-13-31(24)18-21-14-19-8-6-7-9-23(19)30-21/h6-11,14-17,27,30H,5,12-13,18H2,1-4H3. The molecule has 1 aliphatic heterocycles. The molecule has 0 saturated heterocycles. The van der Waals surface area contributed by atoms with E-state index < -0.39 is 0 Å². The first-order chi connectivity index (χ1) is 17.6. The largest absolute Gasteiger partial charge is 0.494 e. The maximum Gasteiger partial charge on any atom is 0.203 e. The lowest BCUT2D eigenvalue weighted by molar-refractivity contribution is 0.323. The van der Waals surface area contributed by atoms with Gasteiger partial charge in [0.1, 0.15) is 5.75 Å². The number of hydrogen-bond acceptors (Lipinski definition) is 6. The zero-order chi connectivity index (χ0) is 25.1. The summed E-state index contributed by atoms with van der Waals surface area (Å²) in [6, 6.07) is 21.2. The van der Waals surface area contributed by atoms with E-state index in [1.165, 1.54) is 27.2 Å². The second-order valence-corrected chi connectivity index (χ2v) is 9.96. The van der Waals surface area contributed by atoms with Gasteiger partial charge in [-0.25, -0.2) is 0 Å². The van der Waals surface area contributed by atoms with Gasteiger partial charge in [0.15, 0.2) is 11.5 Å². The van der Waals surface area contributed by atoms with Crippen molar-refractivity contribution in [3.63, 3.8) is 0 Å². The third-order valence-corrected chi connectivity index (χ3v) is 7.89. The highest BCUT2D eigenvalue weighted by Gasteiger charge is 2.26. The Bertz CT molecular complexity index is 1290. The molecule has 36 heavy (non-hydrogen) atoms. The number of H-pyrrole nitrogens is 1. The summed E-state index contributed by atoms with van der Waals surface area (Å²) in [4.78, 5) is 7.25. The third kappa shape index (κ3) is 4.80. The molecule has 0 aliphatic carbocycles. The lowest BCUT2D eigenvalue weighted by atomic mass is 10.1. The number of fused-ring (bicyclic) bond motifs is 2. The second kappa shape index (κ2) is 10.7. The van der Waals surface area contributed by atoms with Crippen LogP contribution in [-0.2, 0) is 6.54 Å². The maximum atomic E-state index is 5.86. The summed E-state index contributed by atoms with van der Waals surface area (Å²) in [5.74, 6) is 2.85.